The number of nitrogens with two attached hydrogens (primary N) is 1. The molecule has 0 radical (unpaired) electrons. The predicted octanol–water partition coefficient (Wildman–Crippen LogP) is 0.138. The molecule has 108 valence electrons. The van der Waals surface area contributed by atoms with Crippen LogP contribution in [0.5, 0.6) is 0 Å². The summed E-state index contributed by atoms with van der Waals surface area (Å²) >= 11 is 0. The van der Waals surface area contributed by atoms with E-state index in [1.165, 1.54) is 0 Å². The number of piperazine rings is 1. The fourth-order valence-corrected chi connectivity index (χ4v) is 2.37. The molecule has 0 spiro atoms. The molecular weight excluding hydrogens is 242 g/mol. The van der Waals surface area contributed by atoms with E-state index in [4.69, 9.17) is 10.3 Å². The van der Waals surface area contributed by atoms with Crippen LogP contribution in [0.1, 0.15) is 25.6 Å². The van der Waals surface area contributed by atoms with Gasteiger partial charge in [-0.25, -0.2) is 0 Å². The van der Waals surface area contributed by atoms with Crippen LogP contribution in [0, 0.1) is 0 Å². The lowest BCUT2D eigenvalue weighted by Gasteiger charge is -2.37. The number of nitrogens with zero attached hydrogens (tertiary/aromatic N) is 4. The van der Waals surface area contributed by atoms with E-state index in [2.05, 4.69) is 34.0 Å². The van der Waals surface area contributed by atoms with Gasteiger partial charge in [0.15, 0.2) is 5.82 Å². The van der Waals surface area contributed by atoms with Gasteiger partial charge in [0.1, 0.15) is 0 Å². The molecule has 2 N–H and O–H groups in total. The maximum atomic E-state index is 5.96. The molecular formula is C13H25N5O. The van der Waals surface area contributed by atoms with E-state index in [9.17, 15) is 0 Å². The first-order chi connectivity index (χ1) is 8.83. The second-order valence-electron chi connectivity index (χ2n) is 6.37. The molecule has 2 heterocycles. The van der Waals surface area contributed by atoms with E-state index in [1.807, 2.05) is 13.8 Å². The summed E-state index contributed by atoms with van der Waals surface area (Å²) < 4.78 is 5.27. The quantitative estimate of drug-likeness (QED) is 0.836. The fraction of sp³-hybridized carbons (Fsp3) is 0.846. The molecule has 0 saturated carbocycles. The Kier molecular flexibility index (Phi) is 4.23. The average Bonchev–Trinajstić information content (AvgIpc) is 2.68. The van der Waals surface area contributed by atoms with Gasteiger partial charge in [0.05, 0.1) is 0 Å². The molecule has 6 heteroatoms. The monoisotopic (exact) mass is 267 g/mol. The SMILES string of the molecule is CN1CCN(C)C(Cc2noc(CC(C)(C)N)n2)C1. The number of aromatic nitrogens is 2. The molecule has 0 aromatic carbocycles. The van der Waals surface area contributed by atoms with Crippen molar-refractivity contribution in [3.05, 3.63) is 11.7 Å². The van der Waals surface area contributed by atoms with Crippen molar-refractivity contribution in [2.75, 3.05) is 33.7 Å². The van der Waals surface area contributed by atoms with Crippen LogP contribution in [0.3, 0.4) is 0 Å². The summed E-state index contributed by atoms with van der Waals surface area (Å²) in [5.41, 5.74) is 5.64. The minimum atomic E-state index is -0.314. The third-order valence-corrected chi connectivity index (χ3v) is 3.52. The molecule has 1 atom stereocenters. The Labute approximate surface area is 114 Å². The van der Waals surface area contributed by atoms with Crippen LogP contribution in [0.2, 0.25) is 0 Å². The van der Waals surface area contributed by atoms with E-state index in [0.29, 0.717) is 18.4 Å². The van der Waals surface area contributed by atoms with E-state index < -0.39 is 0 Å². The zero-order valence-electron chi connectivity index (χ0n) is 12.4. The lowest BCUT2D eigenvalue weighted by molar-refractivity contribution is 0.113. The fourth-order valence-electron chi connectivity index (χ4n) is 2.37. The second kappa shape index (κ2) is 5.56. The number of hydrogen-bond donors (Lipinski definition) is 1. The van der Waals surface area contributed by atoms with Crippen molar-refractivity contribution in [3.63, 3.8) is 0 Å². The molecule has 1 aliphatic heterocycles. The minimum absolute atomic E-state index is 0.314. The highest BCUT2D eigenvalue weighted by molar-refractivity contribution is 4.95. The largest absolute Gasteiger partial charge is 0.339 e. The summed E-state index contributed by atoms with van der Waals surface area (Å²) in [6.07, 6.45) is 1.44. The Morgan fingerprint density at radius 2 is 2.11 bits per heavy atom. The van der Waals surface area contributed by atoms with Crippen molar-refractivity contribution in [1.29, 1.82) is 0 Å². The summed E-state index contributed by atoms with van der Waals surface area (Å²) in [5, 5.41) is 4.07. The van der Waals surface area contributed by atoms with Crippen molar-refractivity contribution < 1.29 is 4.52 Å². The molecule has 1 unspecified atom stereocenters. The van der Waals surface area contributed by atoms with Gasteiger partial charge in [-0.2, -0.15) is 4.98 Å². The zero-order valence-corrected chi connectivity index (χ0v) is 12.4. The van der Waals surface area contributed by atoms with Gasteiger partial charge in [-0.15, -0.1) is 0 Å². The Hall–Kier alpha value is -0.980. The average molecular weight is 267 g/mol. The Balaban J connectivity index is 1.95. The Morgan fingerprint density at radius 3 is 2.79 bits per heavy atom. The van der Waals surface area contributed by atoms with Crippen molar-refractivity contribution in [2.24, 2.45) is 5.73 Å². The van der Waals surface area contributed by atoms with E-state index in [1.54, 1.807) is 0 Å². The summed E-state index contributed by atoms with van der Waals surface area (Å²) in [5.74, 6) is 1.42. The molecule has 1 saturated heterocycles. The lowest BCUT2D eigenvalue weighted by Crippen LogP contribution is -2.50. The van der Waals surface area contributed by atoms with Crippen LogP contribution >= 0.6 is 0 Å². The van der Waals surface area contributed by atoms with Crippen molar-refractivity contribution in [3.8, 4) is 0 Å². The van der Waals surface area contributed by atoms with E-state index >= 15 is 0 Å². The van der Waals surface area contributed by atoms with Gasteiger partial charge < -0.3 is 20.1 Å². The van der Waals surface area contributed by atoms with Crippen molar-refractivity contribution in [1.82, 2.24) is 19.9 Å². The zero-order chi connectivity index (χ0) is 14.0. The molecule has 2 rings (SSSR count). The summed E-state index contributed by atoms with van der Waals surface area (Å²) in [6.45, 7) is 7.16. The standard InChI is InChI=1S/C13H25N5O/c1-13(2,14)8-12-15-11(16-19-12)7-10-9-17(3)5-6-18(10)4/h10H,5-9,14H2,1-4H3. The van der Waals surface area contributed by atoms with Gasteiger partial charge >= 0.3 is 0 Å². The van der Waals surface area contributed by atoms with Crippen LogP contribution in [-0.2, 0) is 12.8 Å². The smallest absolute Gasteiger partial charge is 0.228 e. The molecule has 19 heavy (non-hydrogen) atoms. The summed E-state index contributed by atoms with van der Waals surface area (Å²) in [7, 11) is 4.31. The highest BCUT2D eigenvalue weighted by Gasteiger charge is 2.25. The maximum absolute atomic E-state index is 5.96. The molecule has 1 aliphatic rings. The molecule has 0 amide bonds. The van der Waals surface area contributed by atoms with Crippen LogP contribution in [0.15, 0.2) is 4.52 Å². The lowest BCUT2D eigenvalue weighted by atomic mass is 10.0. The van der Waals surface area contributed by atoms with Crippen LogP contribution < -0.4 is 5.73 Å². The second-order valence-corrected chi connectivity index (χ2v) is 6.37. The Bertz CT molecular complexity index is 411. The molecule has 1 aromatic heterocycles. The van der Waals surface area contributed by atoms with Crippen molar-refractivity contribution in [2.45, 2.75) is 38.3 Å². The van der Waals surface area contributed by atoms with E-state index in [0.717, 1.165) is 31.9 Å². The van der Waals surface area contributed by atoms with Gasteiger partial charge in [-0.05, 0) is 27.9 Å². The molecule has 6 nitrogen and oxygen atoms in total. The Morgan fingerprint density at radius 1 is 1.37 bits per heavy atom. The van der Waals surface area contributed by atoms with Gasteiger partial charge in [0, 0.05) is 44.1 Å². The number of rotatable bonds is 4. The van der Waals surface area contributed by atoms with Gasteiger partial charge in [0.25, 0.3) is 0 Å². The van der Waals surface area contributed by atoms with E-state index in [-0.39, 0.29) is 5.54 Å². The van der Waals surface area contributed by atoms with Gasteiger partial charge in [-0.1, -0.05) is 5.16 Å². The first kappa shape index (κ1) is 14.4. The number of likely N-dealkylation sites (N-methyl/N-ethyl adjacent to an activating group) is 2. The van der Waals surface area contributed by atoms with Crippen molar-refractivity contribution >= 4 is 0 Å². The first-order valence-electron chi connectivity index (χ1n) is 6.82. The summed E-state index contributed by atoms with van der Waals surface area (Å²) in [4.78, 5) is 9.15. The topological polar surface area (TPSA) is 71.4 Å². The minimum Gasteiger partial charge on any atom is -0.339 e. The molecule has 1 aromatic rings. The number of hydrogen-bond acceptors (Lipinski definition) is 6. The highest BCUT2D eigenvalue weighted by Crippen LogP contribution is 2.13. The summed E-state index contributed by atoms with van der Waals surface area (Å²) in [6, 6.07) is 0.454. The first-order valence-corrected chi connectivity index (χ1v) is 6.82. The third-order valence-electron chi connectivity index (χ3n) is 3.52. The highest BCUT2D eigenvalue weighted by atomic mass is 16.5. The predicted molar refractivity (Wildman–Crippen MR) is 73.9 cm³/mol. The molecule has 0 bridgehead atoms. The van der Waals surface area contributed by atoms with Gasteiger partial charge in [-0.3, -0.25) is 0 Å². The maximum Gasteiger partial charge on any atom is 0.228 e. The van der Waals surface area contributed by atoms with Crippen LogP contribution in [0.4, 0.5) is 0 Å². The third kappa shape index (κ3) is 4.26. The van der Waals surface area contributed by atoms with Gasteiger partial charge in [0.2, 0.25) is 5.89 Å². The molecule has 1 fully saturated rings. The normalized spacial score (nSPS) is 22.9. The molecule has 0 aliphatic carbocycles. The van der Waals surface area contributed by atoms with Crippen LogP contribution in [-0.4, -0.2) is 65.3 Å². The van der Waals surface area contributed by atoms with Crippen LogP contribution in [0.25, 0.3) is 0 Å².